The van der Waals surface area contributed by atoms with Crippen molar-refractivity contribution in [2.75, 3.05) is 5.32 Å². The van der Waals surface area contributed by atoms with Crippen LogP contribution >= 0.6 is 11.8 Å². The Bertz CT molecular complexity index is 599. The maximum absolute atomic E-state index is 11.7. The van der Waals surface area contributed by atoms with Crippen LogP contribution in [-0.4, -0.2) is 27.2 Å². The van der Waals surface area contributed by atoms with Crippen LogP contribution in [0.5, 0.6) is 0 Å². The number of aliphatic imine (C=N–C) groups is 1. The van der Waals surface area contributed by atoms with Gasteiger partial charge in [0.05, 0.1) is 4.92 Å². The van der Waals surface area contributed by atoms with Crippen molar-refractivity contribution in [2.45, 2.75) is 11.7 Å². The summed E-state index contributed by atoms with van der Waals surface area (Å²) in [5, 5.41) is 12.6. The molecular weight excluding hydrogens is 284 g/mol. The second kappa shape index (κ2) is 5.70. The first-order valence-corrected chi connectivity index (χ1v) is 6.42. The molecule has 3 N–H and O–H groups in total. The highest BCUT2D eigenvalue weighted by atomic mass is 32.2. The number of nitro groups is 1. The van der Waals surface area contributed by atoms with E-state index in [0.29, 0.717) is 5.69 Å². The van der Waals surface area contributed by atoms with Crippen LogP contribution in [0, 0.1) is 10.1 Å². The number of carbonyl (C=O) groups excluding carboxylic acids is 2. The Morgan fingerprint density at radius 3 is 2.60 bits per heavy atom. The zero-order valence-corrected chi connectivity index (χ0v) is 10.9. The molecule has 2 rings (SSSR count). The van der Waals surface area contributed by atoms with E-state index in [9.17, 15) is 19.7 Å². The molecule has 0 saturated heterocycles. The number of thioether (sulfide) groups is 1. The Balaban J connectivity index is 1.92. The Morgan fingerprint density at radius 2 is 2.10 bits per heavy atom. The minimum Gasteiger partial charge on any atom is -0.378 e. The molecule has 1 aliphatic rings. The summed E-state index contributed by atoms with van der Waals surface area (Å²) in [7, 11) is 0. The largest absolute Gasteiger partial charge is 0.378 e. The smallest absolute Gasteiger partial charge is 0.269 e. The van der Waals surface area contributed by atoms with E-state index in [4.69, 9.17) is 5.73 Å². The summed E-state index contributed by atoms with van der Waals surface area (Å²) in [4.78, 5) is 36.6. The summed E-state index contributed by atoms with van der Waals surface area (Å²) in [5.41, 5.74) is 5.74. The molecule has 2 amide bonds. The zero-order chi connectivity index (χ0) is 14.7. The summed E-state index contributed by atoms with van der Waals surface area (Å²) in [5.74, 6) is -0.805. The average Bonchev–Trinajstić information content (AvgIpc) is 2.68. The van der Waals surface area contributed by atoms with Crippen molar-refractivity contribution < 1.29 is 14.5 Å². The number of carbonyl (C=O) groups is 2. The molecule has 1 aliphatic heterocycles. The standard InChI is InChI=1S/C11H10N4O4S/c12-11-14-10(17)8(20-11)5-9(16)13-6-1-3-7(4-2-6)15(18)19/h1-4,8H,5H2,(H,13,16)(H2,12,14,17)/t8-/m1/s1. The minimum absolute atomic E-state index is 0.0509. The normalized spacial score (nSPS) is 17.7. The van der Waals surface area contributed by atoms with E-state index in [0.717, 1.165) is 11.8 Å². The number of nitro benzene ring substituents is 1. The van der Waals surface area contributed by atoms with Gasteiger partial charge in [-0.1, -0.05) is 11.8 Å². The molecule has 0 aliphatic carbocycles. The Labute approximate surface area is 117 Å². The third kappa shape index (κ3) is 3.32. The number of benzene rings is 1. The molecule has 8 nitrogen and oxygen atoms in total. The molecule has 1 heterocycles. The highest BCUT2D eigenvalue weighted by molar-refractivity contribution is 8.15. The fraction of sp³-hybridized carbons (Fsp3) is 0.182. The van der Waals surface area contributed by atoms with Gasteiger partial charge >= 0.3 is 0 Å². The highest BCUT2D eigenvalue weighted by Gasteiger charge is 2.29. The number of hydrogen-bond acceptors (Lipinski definition) is 6. The second-order valence-corrected chi connectivity index (χ2v) is 5.17. The summed E-state index contributed by atoms with van der Waals surface area (Å²) in [6.07, 6.45) is -0.0509. The van der Waals surface area contributed by atoms with Crippen LogP contribution in [0.1, 0.15) is 6.42 Å². The molecule has 20 heavy (non-hydrogen) atoms. The minimum atomic E-state index is -0.604. The van der Waals surface area contributed by atoms with Gasteiger partial charge in [0.25, 0.3) is 11.6 Å². The summed E-state index contributed by atoms with van der Waals surface area (Å²) >= 11 is 1.05. The number of nitrogens with one attached hydrogen (secondary N) is 1. The van der Waals surface area contributed by atoms with Gasteiger partial charge in [-0.3, -0.25) is 19.7 Å². The van der Waals surface area contributed by atoms with Crippen LogP contribution in [0.3, 0.4) is 0 Å². The molecule has 0 unspecified atom stereocenters. The molecule has 0 saturated carbocycles. The van der Waals surface area contributed by atoms with Gasteiger partial charge < -0.3 is 11.1 Å². The first kappa shape index (κ1) is 14.0. The van der Waals surface area contributed by atoms with E-state index in [-0.39, 0.29) is 23.2 Å². The van der Waals surface area contributed by atoms with Crippen molar-refractivity contribution in [3.63, 3.8) is 0 Å². The predicted molar refractivity (Wildman–Crippen MR) is 74.4 cm³/mol. The van der Waals surface area contributed by atoms with Gasteiger partial charge in [-0.2, -0.15) is 4.99 Å². The van der Waals surface area contributed by atoms with Crippen molar-refractivity contribution in [1.82, 2.24) is 0 Å². The first-order valence-electron chi connectivity index (χ1n) is 5.54. The SMILES string of the molecule is NC1=NC(=O)[C@@H](CC(=O)Nc2ccc([N+](=O)[O-])cc2)S1. The number of anilines is 1. The highest BCUT2D eigenvalue weighted by Crippen LogP contribution is 2.23. The number of nitrogens with two attached hydrogens (primary N) is 1. The van der Waals surface area contributed by atoms with Crippen LogP contribution in [0.25, 0.3) is 0 Å². The molecule has 0 aromatic heterocycles. The lowest BCUT2D eigenvalue weighted by Crippen LogP contribution is -2.21. The van der Waals surface area contributed by atoms with Crippen molar-refractivity contribution in [2.24, 2.45) is 10.7 Å². The topological polar surface area (TPSA) is 128 Å². The van der Waals surface area contributed by atoms with Crippen LogP contribution in [0.15, 0.2) is 29.3 Å². The summed E-state index contributed by atoms with van der Waals surface area (Å²) in [6, 6.07) is 5.41. The van der Waals surface area contributed by atoms with E-state index < -0.39 is 16.1 Å². The third-order valence-electron chi connectivity index (χ3n) is 2.49. The predicted octanol–water partition coefficient (Wildman–Crippen LogP) is 0.880. The average molecular weight is 294 g/mol. The van der Waals surface area contributed by atoms with E-state index in [1.165, 1.54) is 24.3 Å². The van der Waals surface area contributed by atoms with Crippen molar-refractivity contribution in [1.29, 1.82) is 0 Å². The van der Waals surface area contributed by atoms with Gasteiger partial charge in [-0.25, -0.2) is 0 Å². The van der Waals surface area contributed by atoms with Crippen molar-refractivity contribution in [3.8, 4) is 0 Å². The van der Waals surface area contributed by atoms with E-state index in [2.05, 4.69) is 10.3 Å². The number of amides is 2. The first-order chi connectivity index (χ1) is 9.45. The van der Waals surface area contributed by atoms with Gasteiger partial charge in [-0.05, 0) is 12.1 Å². The fourth-order valence-corrected chi connectivity index (χ4v) is 2.40. The molecule has 0 spiro atoms. The van der Waals surface area contributed by atoms with Gasteiger partial charge in [0.2, 0.25) is 5.91 Å². The Kier molecular flexibility index (Phi) is 3.99. The molecule has 1 aromatic carbocycles. The van der Waals surface area contributed by atoms with Crippen molar-refractivity contribution >= 4 is 40.1 Å². The van der Waals surface area contributed by atoms with E-state index in [1.54, 1.807) is 0 Å². The fourth-order valence-electron chi connectivity index (χ4n) is 1.58. The molecule has 0 radical (unpaired) electrons. The second-order valence-electron chi connectivity index (χ2n) is 3.95. The lowest BCUT2D eigenvalue weighted by Gasteiger charge is -2.07. The number of rotatable bonds is 4. The maximum atomic E-state index is 11.7. The lowest BCUT2D eigenvalue weighted by atomic mass is 10.2. The van der Waals surface area contributed by atoms with Crippen LogP contribution < -0.4 is 11.1 Å². The van der Waals surface area contributed by atoms with Gasteiger partial charge in [0, 0.05) is 24.2 Å². The van der Waals surface area contributed by atoms with Crippen LogP contribution in [0.2, 0.25) is 0 Å². The number of amidine groups is 1. The van der Waals surface area contributed by atoms with Gasteiger partial charge in [0.1, 0.15) is 5.25 Å². The number of nitrogens with zero attached hydrogens (tertiary/aromatic N) is 2. The molecule has 1 aromatic rings. The Hall–Kier alpha value is -2.42. The number of non-ortho nitro benzene ring substituents is 1. The van der Waals surface area contributed by atoms with Crippen molar-refractivity contribution in [3.05, 3.63) is 34.4 Å². The molecule has 0 fully saturated rings. The lowest BCUT2D eigenvalue weighted by molar-refractivity contribution is -0.384. The summed E-state index contributed by atoms with van der Waals surface area (Å²) in [6.45, 7) is 0. The van der Waals surface area contributed by atoms with Crippen LogP contribution in [-0.2, 0) is 9.59 Å². The van der Waals surface area contributed by atoms with Crippen LogP contribution in [0.4, 0.5) is 11.4 Å². The molecular formula is C11H10N4O4S. The van der Waals surface area contributed by atoms with E-state index >= 15 is 0 Å². The molecule has 9 heteroatoms. The zero-order valence-electron chi connectivity index (χ0n) is 10.1. The van der Waals surface area contributed by atoms with Gasteiger partial charge in [-0.15, -0.1) is 0 Å². The summed E-state index contributed by atoms with van der Waals surface area (Å²) < 4.78 is 0. The molecule has 1 atom stereocenters. The molecule has 0 bridgehead atoms. The molecule has 104 valence electrons. The monoisotopic (exact) mass is 294 g/mol. The van der Waals surface area contributed by atoms with Gasteiger partial charge in [0.15, 0.2) is 5.17 Å². The van der Waals surface area contributed by atoms with E-state index in [1.807, 2.05) is 0 Å². The Morgan fingerprint density at radius 1 is 1.45 bits per heavy atom. The number of hydrogen-bond donors (Lipinski definition) is 2. The quantitative estimate of drug-likeness (QED) is 0.626. The maximum Gasteiger partial charge on any atom is 0.269 e. The third-order valence-corrected chi connectivity index (χ3v) is 3.48.